The highest BCUT2D eigenvalue weighted by atomic mass is 19.4. The summed E-state index contributed by atoms with van der Waals surface area (Å²) in [7, 11) is 0. The van der Waals surface area contributed by atoms with Crippen LogP contribution in [0.3, 0.4) is 0 Å². The zero-order chi connectivity index (χ0) is 19.4. The first-order valence-corrected chi connectivity index (χ1v) is 8.19. The van der Waals surface area contributed by atoms with Crippen LogP contribution < -0.4 is 10.1 Å². The van der Waals surface area contributed by atoms with E-state index in [1.165, 1.54) is 30.3 Å². The topological polar surface area (TPSA) is 51.5 Å². The van der Waals surface area contributed by atoms with Crippen molar-refractivity contribution in [2.24, 2.45) is 0 Å². The van der Waals surface area contributed by atoms with Crippen LogP contribution in [0.2, 0.25) is 0 Å². The first-order valence-electron chi connectivity index (χ1n) is 8.19. The molecule has 0 spiro atoms. The molecule has 0 aliphatic carbocycles. The van der Waals surface area contributed by atoms with E-state index in [4.69, 9.17) is 9.15 Å². The van der Waals surface area contributed by atoms with Crippen LogP contribution in [0.5, 0.6) is 5.75 Å². The van der Waals surface area contributed by atoms with E-state index in [-0.39, 0.29) is 17.1 Å². The predicted molar refractivity (Wildman–Crippen MR) is 94.7 cm³/mol. The van der Waals surface area contributed by atoms with Gasteiger partial charge >= 0.3 is 6.18 Å². The van der Waals surface area contributed by atoms with Crippen molar-refractivity contribution in [3.05, 3.63) is 72.0 Å². The van der Waals surface area contributed by atoms with Crippen LogP contribution in [0.25, 0.3) is 11.3 Å². The molecule has 1 aromatic heterocycles. The largest absolute Gasteiger partial charge is 0.494 e. The number of benzene rings is 2. The van der Waals surface area contributed by atoms with Gasteiger partial charge in [-0.25, -0.2) is 0 Å². The fraction of sp³-hybridized carbons (Fsp3) is 0.150. The molecule has 27 heavy (non-hydrogen) atoms. The molecule has 3 rings (SSSR count). The van der Waals surface area contributed by atoms with Gasteiger partial charge in [0, 0.05) is 11.3 Å². The Labute approximate surface area is 153 Å². The Morgan fingerprint density at radius 1 is 1.04 bits per heavy atom. The van der Waals surface area contributed by atoms with E-state index in [1.54, 1.807) is 24.3 Å². The van der Waals surface area contributed by atoms with E-state index >= 15 is 0 Å². The van der Waals surface area contributed by atoms with Crippen molar-refractivity contribution in [2.75, 3.05) is 11.9 Å². The summed E-state index contributed by atoms with van der Waals surface area (Å²) in [5, 5.41) is 2.63. The first kappa shape index (κ1) is 18.6. The zero-order valence-electron chi connectivity index (χ0n) is 14.3. The van der Waals surface area contributed by atoms with Gasteiger partial charge in [-0.1, -0.05) is 18.2 Å². The standard InChI is InChI=1S/C20H16F3NO3/c1-2-26-14-9-7-13(8-10-14)24-19(25)18-12-11-17(27-18)15-5-3-4-6-16(15)20(21,22)23/h3-12H,2H2,1H3,(H,24,25). The highest BCUT2D eigenvalue weighted by Crippen LogP contribution is 2.37. The molecule has 4 nitrogen and oxygen atoms in total. The quantitative estimate of drug-likeness (QED) is 0.630. The summed E-state index contributed by atoms with van der Waals surface area (Å²) in [6, 6.07) is 14.5. The molecule has 1 N–H and O–H groups in total. The average molecular weight is 375 g/mol. The Morgan fingerprint density at radius 3 is 2.41 bits per heavy atom. The Kier molecular flexibility index (Phi) is 5.21. The van der Waals surface area contributed by atoms with Crippen molar-refractivity contribution in [1.29, 1.82) is 0 Å². The fourth-order valence-corrected chi connectivity index (χ4v) is 2.54. The van der Waals surface area contributed by atoms with Crippen LogP contribution in [0.1, 0.15) is 23.0 Å². The van der Waals surface area contributed by atoms with Gasteiger partial charge in [0.25, 0.3) is 5.91 Å². The van der Waals surface area contributed by atoms with Gasteiger partial charge in [-0.05, 0) is 49.4 Å². The lowest BCUT2D eigenvalue weighted by molar-refractivity contribution is -0.137. The van der Waals surface area contributed by atoms with E-state index in [1.807, 2.05) is 6.92 Å². The van der Waals surface area contributed by atoms with Crippen molar-refractivity contribution in [3.63, 3.8) is 0 Å². The third-order valence-corrected chi connectivity index (χ3v) is 3.75. The van der Waals surface area contributed by atoms with Crippen molar-refractivity contribution < 1.29 is 27.1 Å². The normalized spacial score (nSPS) is 11.3. The lowest BCUT2D eigenvalue weighted by Crippen LogP contribution is -2.10. The number of hydrogen-bond donors (Lipinski definition) is 1. The maximum Gasteiger partial charge on any atom is 0.417 e. The third kappa shape index (κ3) is 4.31. The molecule has 7 heteroatoms. The SMILES string of the molecule is CCOc1ccc(NC(=O)c2ccc(-c3ccccc3C(F)(F)F)o2)cc1. The highest BCUT2D eigenvalue weighted by molar-refractivity contribution is 6.02. The van der Waals surface area contributed by atoms with Crippen LogP contribution in [0, 0.1) is 0 Å². The zero-order valence-corrected chi connectivity index (χ0v) is 14.3. The van der Waals surface area contributed by atoms with Gasteiger partial charge in [0.2, 0.25) is 0 Å². The minimum atomic E-state index is -4.52. The van der Waals surface area contributed by atoms with E-state index in [9.17, 15) is 18.0 Å². The van der Waals surface area contributed by atoms with Crippen LogP contribution in [-0.4, -0.2) is 12.5 Å². The van der Waals surface area contributed by atoms with E-state index < -0.39 is 17.6 Å². The monoisotopic (exact) mass is 375 g/mol. The molecule has 0 saturated heterocycles. The number of halogens is 3. The van der Waals surface area contributed by atoms with Gasteiger partial charge in [-0.15, -0.1) is 0 Å². The lowest BCUT2D eigenvalue weighted by atomic mass is 10.1. The van der Waals surface area contributed by atoms with Gasteiger partial charge in [0.05, 0.1) is 12.2 Å². The van der Waals surface area contributed by atoms with E-state index in [0.29, 0.717) is 18.0 Å². The molecular formula is C20H16F3NO3. The summed E-state index contributed by atoms with van der Waals surface area (Å²) >= 11 is 0. The number of nitrogens with one attached hydrogen (secondary N) is 1. The Morgan fingerprint density at radius 2 is 1.74 bits per heavy atom. The second-order valence-electron chi connectivity index (χ2n) is 5.62. The lowest BCUT2D eigenvalue weighted by Gasteiger charge is -2.10. The molecule has 0 saturated carbocycles. The van der Waals surface area contributed by atoms with Crippen LogP contribution in [0.15, 0.2) is 65.1 Å². The molecule has 0 aliphatic rings. The molecule has 0 radical (unpaired) electrons. The van der Waals surface area contributed by atoms with Crippen LogP contribution in [-0.2, 0) is 6.18 Å². The van der Waals surface area contributed by atoms with Gasteiger partial charge < -0.3 is 14.5 Å². The van der Waals surface area contributed by atoms with Crippen molar-refractivity contribution >= 4 is 11.6 Å². The van der Waals surface area contributed by atoms with Crippen molar-refractivity contribution in [2.45, 2.75) is 13.1 Å². The number of rotatable bonds is 5. The van der Waals surface area contributed by atoms with E-state index in [0.717, 1.165) is 6.07 Å². The molecule has 0 fully saturated rings. The number of anilines is 1. The minimum Gasteiger partial charge on any atom is -0.494 e. The molecule has 0 bridgehead atoms. The molecule has 0 aliphatic heterocycles. The van der Waals surface area contributed by atoms with Crippen LogP contribution >= 0.6 is 0 Å². The summed E-state index contributed by atoms with van der Waals surface area (Å²) in [4.78, 5) is 12.3. The molecule has 140 valence electrons. The number of carbonyl (C=O) groups excluding carboxylic acids is 1. The Bertz CT molecular complexity index is 930. The maximum absolute atomic E-state index is 13.1. The van der Waals surface area contributed by atoms with E-state index in [2.05, 4.69) is 5.32 Å². The summed E-state index contributed by atoms with van der Waals surface area (Å²) in [5.41, 5.74) is -0.431. The molecule has 1 amide bonds. The average Bonchev–Trinajstić information content (AvgIpc) is 3.13. The first-order chi connectivity index (χ1) is 12.9. The van der Waals surface area contributed by atoms with Crippen LogP contribution in [0.4, 0.5) is 18.9 Å². The summed E-state index contributed by atoms with van der Waals surface area (Å²) in [6.07, 6.45) is -4.52. The predicted octanol–water partition coefficient (Wildman–Crippen LogP) is 5.62. The molecular weight excluding hydrogens is 359 g/mol. The summed E-state index contributed by atoms with van der Waals surface area (Å²) in [6.45, 7) is 2.39. The molecule has 2 aromatic carbocycles. The Balaban J connectivity index is 1.79. The second kappa shape index (κ2) is 7.57. The fourth-order valence-electron chi connectivity index (χ4n) is 2.54. The van der Waals surface area contributed by atoms with Crippen molar-refractivity contribution in [3.8, 4) is 17.1 Å². The van der Waals surface area contributed by atoms with Gasteiger partial charge in [-0.3, -0.25) is 4.79 Å². The van der Waals surface area contributed by atoms with Gasteiger partial charge in [0.15, 0.2) is 5.76 Å². The van der Waals surface area contributed by atoms with Crippen molar-refractivity contribution in [1.82, 2.24) is 0 Å². The van der Waals surface area contributed by atoms with Gasteiger partial charge in [-0.2, -0.15) is 13.2 Å². The molecule has 3 aromatic rings. The number of amides is 1. The van der Waals surface area contributed by atoms with Gasteiger partial charge in [0.1, 0.15) is 11.5 Å². The summed E-state index contributed by atoms with van der Waals surface area (Å²) in [5.74, 6) is -0.00919. The number of alkyl halides is 3. The minimum absolute atomic E-state index is 0.0280. The molecule has 0 atom stereocenters. The smallest absolute Gasteiger partial charge is 0.417 e. The number of hydrogen-bond acceptors (Lipinski definition) is 3. The maximum atomic E-state index is 13.1. The Hall–Kier alpha value is -3.22. The summed E-state index contributed by atoms with van der Waals surface area (Å²) < 4.78 is 50.1. The second-order valence-corrected chi connectivity index (χ2v) is 5.62. The number of furan rings is 1. The number of carbonyl (C=O) groups is 1. The molecule has 1 heterocycles. The third-order valence-electron chi connectivity index (χ3n) is 3.75. The number of ether oxygens (including phenoxy) is 1. The highest BCUT2D eigenvalue weighted by Gasteiger charge is 2.34. The molecule has 0 unspecified atom stereocenters.